The molecule has 0 amide bonds. The molecule has 0 N–H and O–H groups in total. The minimum absolute atomic E-state index is 0.565. The lowest BCUT2D eigenvalue weighted by atomic mass is 9.67. The summed E-state index contributed by atoms with van der Waals surface area (Å²) >= 11 is 0. The summed E-state index contributed by atoms with van der Waals surface area (Å²) < 4.78 is 2.44. The molecule has 62 heavy (non-hydrogen) atoms. The Bertz CT molecular complexity index is 3310. The van der Waals surface area contributed by atoms with E-state index in [0.29, 0.717) is 0 Å². The van der Waals surface area contributed by atoms with Crippen molar-refractivity contribution in [3.8, 4) is 61.3 Å². The summed E-state index contributed by atoms with van der Waals surface area (Å²) in [5.74, 6) is 0. The number of rotatable bonds is 7. The average molecular weight is 788 g/mol. The van der Waals surface area contributed by atoms with E-state index < -0.39 is 5.41 Å². The fourth-order valence-electron chi connectivity index (χ4n) is 10.3. The maximum Gasteiger partial charge on any atom is 0.0714 e. The molecule has 12 rings (SSSR count). The molecule has 11 aromatic rings. The van der Waals surface area contributed by atoms with Crippen LogP contribution in [-0.4, -0.2) is 4.57 Å². The first-order chi connectivity index (χ1) is 30.7. The van der Waals surface area contributed by atoms with Crippen LogP contribution in [0.5, 0.6) is 0 Å². The van der Waals surface area contributed by atoms with Crippen LogP contribution in [0.2, 0.25) is 0 Å². The highest BCUT2D eigenvalue weighted by atomic mass is 15.0. The van der Waals surface area contributed by atoms with Gasteiger partial charge in [-0.25, -0.2) is 0 Å². The number of benzene rings is 10. The van der Waals surface area contributed by atoms with E-state index in [2.05, 4.69) is 253 Å². The lowest BCUT2D eigenvalue weighted by Crippen LogP contribution is -2.28. The Morgan fingerprint density at radius 3 is 1.23 bits per heavy atom. The Kier molecular flexibility index (Phi) is 8.47. The standard InChI is InChI=1S/C61H41N/c1-3-18-42(19-4-1)47-37-48(43-20-5-2-6-21-43)39-49(38-47)45-23-15-22-44(36-45)46-24-16-25-50(40-46)61(57-32-11-7-28-53(57)54-29-8-12-33-58(54)61)51-26-17-27-52(41-51)62-59-34-13-9-30-55(59)56-31-10-14-35-60(56)62/h1-41H. The van der Waals surface area contributed by atoms with Crippen LogP contribution in [0.25, 0.3) is 83.1 Å². The molecule has 0 fully saturated rings. The van der Waals surface area contributed by atoms with Crippen LogP contribution in [-0.2, 0) is 5.41 Å². The second-order valence-electron chi connectivity index (χ2n) is 16.5. The number of para-hydroxylation sites is 2. The van der Waals surface area contributed by atoms with Crippen LogP contribution in [0.4, 0.5) is 0 Å². The van der Waals surface area contributed by atoms with Gasteiger partial charge in [0.15, 0.2) is 0 Å². The zero-order chi connectivity index (χ0) is 41.0. The van der Waals surface area contributed by atoms with E-state index in [4.69, 9.17) is 0 Å². The zero-order valence-corrected chi connectivity index (χ0v) is 34.1. The molecule has 1 heteroatoms. The van der Waals surface area contributed by atoms with Gasteiger partial charge in [0.25, 0.3) is 0 Å². The fourth-order valence-corrected chi connectivity index (χ4v) is 10.3. The first-order valence-corrected chi connectivity index (χ1v) is 21.5. The number of hydrogen-bond acceptors (Lipinski definition) is 0. The van der Waals surface area contributed by atoms with Gasteiger partial charge in [0.1, 0.15) is 0 Å². The first kappa shape index (κ1) is 35.9. The normalized spacial score (nSPS) is 12.6. The Labute approximate surface area is 362 Å². The second kappa shape index (κ2) is 14.6. The Morgan fingerprint density at radius 1 is 0.258 bits per heavy atom. The minimum atomic E-state index is -0.565. The molecule has 0 spiro atoms. The third-order valence-corrected chi connectivity index (χ3v) is 13.0. The van der Waals surface area contributed by atoms with Gasteiger partial charge in [-0.2, -0.15) is 0 Å². The van der Waals surface area contributed by atoms with Crippen molar-refractivity contribution < 1.29 is 0 Å². The lowest BCUT2D eigenvalue weighted by molar-refractivity contribution is 0.767. The van der Waals surface area contributed by atoms with Gasteiger partial charge in [0, 0.05) is 16.5 Å². The largest absolute Gasteiger partial charge is 0.309 e. The molecule has 290 valence electrons. The van der Waals surface area contributed by atoms with Crippen LogP contribution in [0.15, 0.2) is 249 Å². The van der Waals surface area contributed by atoms with Crippen LogP contribution >= 0.6 is 0 Å². The first-order valence-electron chi connectivity index (χ1n) is 21.5. The smallest absolute Gasteiger partial charge is 0.0714 e. The van der Waals surface area contributed by atoms with Crippen molar-refractivity contribution in [2.24, 2.45) is 0 Å². The molecule has 0 unspecified atom stereocenters. The predicted octanol–water partition coefficient (Wildman–Crippen LogP) is 15.8. The van der Waals surface area contributed by atoms with Gasteiger partial charge in [-0.1, -0.05) is 194 Å². The highest BCUT2D eigenvalue weighted by Crippen LogP contribution is 2.56. The highest BCUT2D eigenvalue weighted by Gasteiger charge is 2.46. The predicted molar refractivity (Wildman–Crippen MR) is 260 cm³/mol. The molecule has 0 atom stereocenters. The number of aromatic nitrogens is 1. The molecule has 0 saturated carbocycles. The molecule has 0 saturated heterocycles. The molecule has 0 radical (unpaired) electrons. The molecule has 1 nitrogen and oxygen atoms in total. The summed E-state index contributed by atoms with van der Waals surface area (Å²) in [6, 6.07) is 91.7. The van der Waals surface area contributed by atoms with Crippen molar-refractivity contribution in [3.05, 3.63) is 271 Å². The van der Waals surface area contributed by atoms with E-state index in [1.165, 1.54) is 99.7 Å². The van der Waals surface area contributed by atoms with Crippen molar-refractivity contribution in [2.45, 2.75) is 5.41 Å². The minimum Gasteiger partial charge on any atom is -0.309 e. The molecule has 0 aliphatic heterocycles. The van der Waals surface area contributed by atoms with Crippen LogP contribution < -0.4 is 0 Å². The summed E-state index contributed by atoms with van der Waals surface area (Å²) in [5.41, 5.74) is 20.2. The van der Waals surface area contributed by atoms with E-state index in [9.17, 15) is 0 Å². The van der Waals surface area contributed by atoms with Gasteiger partial charge in [-0.15, -0.1) is 0 Å². The Balaban J connectivity index is 1.04. The lowest BCUT2D eigenvalue weighted by Gasteiger charge is -2.34. The Morgan fingerprint density at radius 2 is 0.645 bits per heavy atom. The molecule has 10 aromatic carbocycles. The molecule has 1 aliphatic carbocycles. The third-order valence-electron chi connectivity index (χ3n) is 13.0. The van der Waals surface area contributed by atoms with Gasteiger partial charge in [0.2, 0.25) is 0 Å². The number of nitrogens with zero attached hydrogens (tertiary/aromatic N) is 1. The maximum absolute atomic E-state index is 2.45. The molecule has 1 heterocycles. The highest BCUT2D eigenvalue weighted by molar-refractivity contribution is 6.09. The summed E-state index contributed by atoms with van der Waals surface area (Å²) in [4.78, 5) is 0. The molecular formula is C61H41N. The maximum atomic E-state index is 2.45. The van der Waals surface area contributed by atoms with Crippen molar-refractivity contribution in [1.82, 2.24) is 4.57 Å². The fraction of sp³-hybridized carbons (Fsp3) is 0.0164. The van der Waals surface area contributed by atoms with E-state index in [0.717, 1.165) is 5.69 Å². The topological polar surface area (TPSA) is 4.93 Å². The number of hydrogen-bond donors (Lipinski definition) is 0. The van der Waals surface area contributed by atoms with Crippen molar-refractivity contribution >= 4 is 21.8 Å². The summed E-state index contributed by atoms with van der Waals surface area (Å²) in [6.45, 7) is 0. The summed E-state index contributed by atoms with van der Waals surface area (Å²) in [7, 11) is 0. The van der Waals surface area contributed by atoms with Crippen LogP contribution in [0, 0.1) is 0 Å². The monoisotopic (exact) mass is 787 g/mol. The molecule has 1 aromatic heterocycles. The van der Waals surface area contributed by atoms with E-state index in [1.807, 2.05) is 0 Å². The zero-order valence-electron chi connectivity index (χ0n) is 34.1. The SMILES string of the molecule is c1ccc(-c2cc(-c3ccccc3)cc(-c3cccc(-c4cccc(C5(c6cccc(-n7c8ccccc8c8ccccc87)c6)c6ccccc6-c6ccccc65)c4)c3)c2)cc1. The second-order valence-corrected chi connectivity index (χ2v) is 16.5. The van der Waals surface area contributed by atoms with Gasteiger partial charge >= 0.3 is 0 Å². The van der Waals surface area contributed by atoms with Gasteiger partial charge in [0.05, 0.1) is 16.4 Å². The average Bonchev–Trinajstić information content (AvgIpc) is 3.86. The van der Waals surface area contributed by atoms with Gasteiger partial charge in [-0.05, 0) is 132 Å². The Hall–Kier alpha value is -8.00. The van der Waals surface area contributed by atoms with E-state index in [1.54, 1.807) is 0 Å². The third kappa shape index (κ3) is 5.70. The van der Waals surface area contributed by atoms with Crippen LogP contribution in [0.1, 0.15) is 22.3 Å². The van der Waals surface area contributed by atoms with E-state index >= 15 is 0 Å². The molecule has 0 bridgehead atoms. The van der Waals surface area contributed by atoms with Gasteiger partial charge < -0.3 is 4.57 Å². The van der Waals surface area contributed by atoms with Crippen LogP contribution in [0.3, 0.4) is 0 Å². The van der Waals surface area contributed by atoms with E-state index in [-0.39, 0.29) is 0 Å². The molecular weight excluding hydrogens is 747 g/mol. The molecule has 1 aliphatic rings. The van der Waals surface area contributed by atoms with Gasteiger partial charge in [-0.3, -0.25) is 0 Å². The summed E-state index contributed by atoms with van der Waals surface area (Å²) in [5, 5.41) is 2.52. The van der Waals surface area contributed by atoms with Crippen molar-refractivity contribution in [2.75, 3.05) is 0 Å². The quantitative estimate of drug-likeness (QED) is 0.152. The number of fused-ring (bicyclic) bond motifs is 6. The summed E-state index contributed by atoms with van der Waals surface area (Å²) in [6.07, 6.45) is 0. The van der Waals surface area contributed by atoms with Crippen molar-refractivity contribution in [1.29, 1.82) is 0 Å². The van der Waals surface area contributed by atoms with Crippen molar-refractivity contribution in [3.63, 3.8) is 0 Å².